The summed E-state index contributed by atoms with van der Waals surface area (Å²) in [6.45, 7) is 1.95. The summed E-state index contributed by atoms with van der Waals surface area (Å²) in [5.74, 6) is 0.418. The van der Waals surface area contributed by atoms with Crippen LogP contribution in [0.2, 0.25) is 0 Å². The second-order valence-corrected chi connectivity index (χ2v) is 4.30. The quantitative estimate of drug-likeness (QED) is 0.729. The third-order valence-corrected chi connectivity index (χ3v) is 3.09. The highest BCUT2D eigenvalue weighted by Crippen LogP contribution is 2.29. The summed E-state index contributed by atoms with van der Waals surface area (Å²) in [5, 5.41) is 9.83. The first-order valence-electron chi connectivity index (χ1n) is 5.84. The fourth-order valence-corrected chi connectivity index (χ4v) is 2.14. The van der Waals surface area contributed by atoms with E-state index in [2.05, 4.69) is 0 Å². The maximum atomic E-state index is 9.83. The lowest BCUT2D eigenvalue weighted by molar-refractivity contribution is 0.0287. The lowest BCUT2D eigenvalue weighted by Gasteiger charge is -2.16. The molecule has 2 nitrogen and oxygen atoms in total. The van der Waals surface area contributed by atoms with Crippen LogP contribution in [0.3, 0.4) is 0 Å². The average Bonchev–Trinajstić information content (AvgIpc) is 2.39. The van der Waals surface area contributed by atoms with E-state index in [4.69, 9.17) is 8.36 Å². The summed E-state index contributed by atoms with van der Waals surface area (Å²) in [6, 6.07) is 0. The van der Waals surface area contributed by atoms with Gasteiger partial charge in [0.05, 0.1) is 20.6 Å². The molecule has 1 aliphatic rings. The molecular weight excluding hydrogens is 172 g/mol. The van der Waals surface area contributed by atoms with Crippen LogP contribution in [0.4, 0.5) is 0 Å². The molecule has 0 aromatic heterocycles. The van der Waals surface area contributed by atoms with Gasteiger partial charge in [-0.25, -0.2) is 0 Å². The van der Waals surface area contributed by atoms with Crippen molar-refractivity contribution in [1.82, 2.24) is 0 Å². The van der Waals surface area contributed by atoms with Gasteiger partial charge in [-0.15, -0.1) is 0 Å². The van der Waals surface area contributed by atoms with Gasteiger partial charge in [-0.2, -0.15) is 0 Å². The molecule has 0 aromatic carbocycles. The van der Waals surface area contributed by atoms with Crippen molar-refractivity contribution in [2.75, 3.05) is 12.0 Å². The summed E-state index contributed by atoms with van der Waals surface area (Å²) >= 11 is -2.01. The highest BCUT2D eigenvalue weighted by Gasteiger charge is 2.37. The van der Waals surface area contributed by atoms with Crippen LogP contribution in [0.1, 0.15) is 21.6 Å². The number of aliphatic hydroxyl groups is 1. The summed E-state index contributed by atoms with van der Waals surface area (Å²) in [5.41, 5.74) is 0. The number of rotatable bonds is 3. The Morgan fingerprint density at radius 2 is 2.58 bits per heavy atom. The fraction of sp³-hybridized carbons (Fsp3) is 1.00. The minimum atomic E-state index is -2.01. The Morgan fingerprint density at radius 1 is 1.83 bits per heavy atom. The van der Waals surface area contributed by atoms with Crippen LogP contribution in [0, 0.1) is 5.92 Å². The zero-order chi connectivity index (χ0) is 11.6. The van der Waals surface area contributed by atoms with Gasteiger partial charge in [-0.3, -0.25) is 11.6 Å². The van der Waals surface area contributed by atoms with Gasteiger partial charge >= 0.3 is 0 Å². The summed E-state index contributed by atoms with van der Waals surface area (Å²) in [6.07, 6.45) is 1.25. The van der Waals surface area contributed by atoms with Crippen LogP contribution in [0.5, 0.6) is 0 Å². The first-order valence-corrected chi connectivity index (χ1v) is 5.71. The van der Waals surface area contributed by atoms with E-state index in [1.807, 2.05) is 0 Å². The van der Waals surface area contributed by atoms with Crippen LogP contribution in [0.25, 0.3) is 0 Å². The normalized spacial score (nSPS) is 53.4. The molecule has 0 aliphatic carbocycles. The highest BCUT2D eigenvalue weighted by atomic mass is 32.2. The van der Waals surface area contributed by atoms with Crippen molar-refractivity contribution in [1.29, 1.82) is 2.25 Å². The van der Waals surface area contributed by atoms with E-state index in [0.717, 1.165) is 0 Å². The van der Waals surface area contributed by atoms with Crippen molar-refractivity contribution in [3.63, 3.8) is 0 Å². The van der Waals surface area contributed by atoms with Gasteiger partial charge in [0.15, 0.2) is 0 Å². The number of hydrogen-bond acceptors (Lipinski definition) is 2. The standard InChI is InChI=1S/C9H20O2S/c1-6-8(4-5-12-3)9(10)7(2)11-6/h6-10H,4-5,12H2,1-3H3/t6-,7+,8+,9?/m1/s1/i1D,12TD. The number of hydrogen-bond donors (Lipinski definition) is 1. The highest BCUT2D eigenvalue weighted by molar-refractivity contribution is 7.98. The number of ether oxygens (including phenoxy) is 1. The van der Waals surface area contributed by atoms with Crippen molar-refractivity contribution in [2.45, 2.75) is 38.6 Å². The summed E-state index contributed by atoms with van der Waals surface area (Å²) < 4.78 is 27.8. The molecule has 2 unspecified atom stereocenters. The molecule has 74 valence electrons. The molecule has 1 heterocycles. The van der Waals surface area contributed by atoms with E-state index < -0.39 is 17.7 Å². The lowest BCUT2D eigenvalue weighted by atomic mass is 9.95. The zero-order valence-corrected chi connectivity index (χ0v) is 8.51. The largest absolute Gasteiger partial charge is 0.390 e. The van der Waals surface area contributed by atoms with E-state index in [0.29, 0.717) is 12.2 Å². The lowest BCUT2D eigenvalue weighted by Crippen LogP contribution is -2.25. The Balaban J connectivity index is 2.51. The Morgan fingerprint density at radius 3 is 3.17 bits per heavy atom. The molecule has 1 fully saturated rings. The molecule has 12 heavy (non-hydrogen) atoms. The maximum Gasteiger partial charge on any atom is 0.0852 e. The van der Waals surface area contributed by atoms with Crippen LogP contribution in [-0.4, -0.2) is 37.7 Å². The van der Waals surface area contributed by atoms with Gasteiger partial charge in [-0.05, 0) is 32.3 Å². The van der Waals surface area contributed by atoms with Gasteiger partial charge in [-0.1, -0.05) is 0 Å². The molecule has 5 atom stereocenters. The third kappa shape index (κ3) is 2.15. The van der Waals surface area contributed by atoms with E-state index in [9.17, 15) is 5.11 Å². The van der Waals surface area contributed by atoms with Gasteiger partial charge in [0, 0.05) is 7.29 Å². The molecule has 1 rings (SSSR count). The smallest absolute Gasteiger partial charge is 0.0852 e. The van der Waals surface area contributed by atoms with Crippen LogP contribution >= 0.6 is 11.6 Å². The molecule has 0 radical (unpaired) electrons. The van der Waals surface area contributed by atoms with E-state index in [1.165, 1.54) is 0 Å². The topological polar surface area (TPSA) is 29.5 Å². The molecule has 0 saturated carbocycles. The van der Waals surface area contributed by atoms with Crippen LogP contribution in [0.15, 0.2) is 0 Å². The summed E-state index contributed by atoms with van der Waals surface area (Å²) in [7, 11) is 0. The monoisotopic (exact) mass is 196 g/mol. The van der Waals surface area contributed by atoms with Crippen LogP contribution < -0.4 is 0 Å². The SMILES string of the molecule is [2H]C[C@H]1O[C@@H](C)C(O)[C@H]1CCS([2H])([3H])C. The molecule has 0 amide bonds. The third-order valence-electron chi connectivity index (χ3n) is 2.44. The van der Waals surface area contributed by atoms with Gasteiger partial charge in [0.2, 0.25) is 0 Å². The Bertz CT molecular complexity index is 210. The number of aliphatic hydroxyl groups excluding tert-OH is 1. The predicted octanol–water partition coefficient (Wildman–Crippen LogP) is 0.988. The van der Waals surface area contributed by atoms with E-state index >= 15 is 0 Å². The average molecular weight is 196 g/mol. The predicted molar refractivity (Wildman–Crippen MR) is 55.3 cm³/mol. The van der Waals surface area contributed by atoms with Crippen molar-refractivity contribution in [3.8, 4) is 0 Å². The van der Waals surface area contributed by atoms with Crippen molar-refractivity contribution in [3.05, 3.63) is 0 Å². The second kappa shape index (κ2) is 4.49. The Labute approximate surface area is 82.3 Å². The molecule has 1 N–H and O–H groups in total. The molecule has 0 bridgehead atoms. The van der Waals surface area contributed by atoms with Gasteiger partial charge in [0.25, 0.3) is 0 Å². The molecule has 3 heteroatoms. The molecule has 0 aromatic rings. The molecular formula is C9H20O2S. The maximum absolute atomic E-state index is 9.83. The molecule has 1 saturated heterocycles. The van der Waals surface area contributed by atoms with Crippen LogP contribution in [-0.2, 0) is 4.74 Å². The minimum Gasteiger partial charge on any atom is -0.390 e. The Kier molecular flexibility index (Phi) is 2.50. The molecule has 0 spiro atoms. The zero-order valence-electron chi connectivity index (χ0n) is 10.7. The molecule has 1 aliphatic heterocycles. The fourth-order valence-electron chi connectivity index (χ4n) is 1.64. The van der Waals surface area contributed by atoms with E-state index in [1.54, 1.807) is 13.2 Å². The van der Waals surface area contributed by atoms with Gasteiger partial charge < -0.3 is 9.84 Å². The summed E-state index contributed by atoms with van der Waals surface area (Å²) in [4.78, 5) is 0. The van der Waals surface area contributed by atoms with Crippen molar-refractivity contribution in [2.24, 2.45) is 5.92 Å². The first kappa shape index (κ1) is 6.68. The minimum absolute atomic E-state index is 0.0694. The second-order valence-electron chi connectivity index (χ2n) is 3.32. The van der Waals surface area contributed by atoms with Crippen molar-refractivity contribution >= 4 is 11.6 Å². The van der Waals surface area contributed by atoms with Crippen molar-refractivity contribution < 1.29 is 11.2 Å². The van der Waals surface area contributed by atoms with E-state index in [-0.39, 0.29) is 25.0 Å². The Hall–Kier alpha value is 0.270. The van der Waals surface area contributed by atoms with Gasteiger partial charge in [0.1, 0.15) is 0 Å². The first-order chi connectivity index (χ1) is 6.85.